The van der Waals surface area contributed by atoms with Crippen LogP contribution in [0.5, 0.6) is 0 Å². The number of hydrogen-bond donors (Lipinski definition) is 1. The van der Waals surface area contributed by atoms with E-state index in [1.807, 2.05) is 24.3 Å². The molecule has 2 aromatic rings. The van der Waals surface area contributed by atoms with Crippen LogP contribution in [-0.4, -0.2) is 29.9 Å². The van der Waals surface area contributed by atoms with Crippen molar-refractivity contribution >= 4 is 28.9 Å². The van der Waals surface area contributed by atoms with Crippen molar-refractivity contribution in [2.45, 2.75) is 20.0 Å². The highest BCUT2D eigenvalue weighted by Gasteiger charge is 2.13. The summed E-state index contributed by atoms with van der Waals surface area (Å²) in [6.07, 6.45) is 0. The van der Waals surface area contributed by atoms with E-state index in [1.165, 1.54) is 6.07 Å². The molecule has 0 unspecified atom stereocenters. The average Bonchev–Trinajstić information content (AvgIpc) is 2.89. The van der Waals surface area contributed by atoms with Gasteiger partial charge in [-0.1, -0.05) is 17.7 Å². The molecule has 0 fully saturated rings. The molecule has 0 atom stereocenters. The van der Waals surface area contributed by atoms with Gasteiger partial charge < -0.3 is 10.2 Å². The maximum Gasteiger partial charge on any atom is 0.194 e. The first-order valence-corrected chi connectivity index (χ1v) is 8.02. The van der Waals surface area contributed by atoms with Crippen molar-refractivity contribution in [1.29, 1.82) is 0 Å². The van der Waals surface area contributed by atoms with E-state index < -0.39 is 0 Å². The average molecular weight is 341 g/mol. The van der Waals surface area contributed by atoms with Crippen LogP contribution in [0.4, 0.5) is 4.39 Å². The van der Waals surface area contributed by atoms with Gasteiger partial charge in [-0.15, -0.1) is 11.3 Å². The van der Waals surface area contributed by atoms with Crippen LogP contribution in [0, 0.1) is 12.7 Å². The van der Waals surface area contributed by atoms with Crippen molar-refractivity contribution in [3.8, 4) is 0 Å². The number of aromatic nitrogens is 1. The van der Waals surface area contributed by atoms with Crippen molar-refractivity contribution in [2.75, 3.05) is 14.1 Å². The Morgan fingerprint density at radius 3 is 2.86 bits per heavy atom. The number of halogens is 2. The van der Waals surface area contributed by atoms with Gasteiger partial charge in [-0.05, 0) is 19.1 Å². The zero-order valence-corrected chi connectivity index (χ0v) is 14.3. The third kappa shape index (κ3) is 4.18. The maximum absolute atomic E-state index is 13.9. The molecule has 0 aliphatic rings. The summed E-state index contributed by atoms with van der Waals surface area (Å²) in [7, 11) is 3.53. The molecule has 1 aromatic heterocycles. The number of hydrogen-bond acceptors (Lipinski definition) is 3. The number of thiazole rings is 1. The van der Waals surface area contributed by atoms with Crippen LogP contribution in [0.25, 0.3) is 0 Å². The van der Waals surface area contributed by atoms with Crippen molar-refractivity contribution in [3.63, 3.8) is 0 Å². The van der Waals surface area contributed by atoms with Gasteiger partial charge in [-0.3, -0.25) is 4.99 Å². The van der Waals surface area contributed by atoms with E-state index in [-0.39, 0.29) is 5.82 Å². The number of rotatable bonds is 4. The minimum Gasteiger partial charge on any atom is -0.350 e. The van der Waals surface area contributed by atoms with E-state index in [0.717, 1.165) is 10.7 Å². The zero-order chi connectivity index (χ0) is 16.1. The summed E-state index contributed by atoms with van der Waals surface area (Å²) in [5, 5.41) is 6.62. The lowest BCUT2D eigenvalue weighted by molar-refractivity contribution is 0.460. The molecule has 1 aromatic carbocycles. The first-order valence-electron chi connectivity index (χ1n) is 6.77. The van der Waals surface area contributed by atoms with Crippen LogP contribution in [0.1, 0.15) is 16.3 Å². The number of nitrogens with zero attached hydrogens (tertiary/aromatic N) is 3. The SMILES string of the molecule is CN=C(NCc1nc(C)cs1)N(C)Cc1c(F)cccc1Cl. The molecule has 1 heterocycles. The van der Waals surface area contributed by atoms with Gasteiger partial charge in [-0.2, -0.15) is 0 Å². The monoisotopic (exact) mass is 340 g/mol. The molecule has 7 heteroatoms. The Balaban J connectivity index is 2.01. The first-order chi connectivity index (χ1) is 10.5. The summed E-state index contributed by atoms with van der Waals surface area (Å²) in [5.41, 5.74) is 1.46. The molecule has 0 spiro atoms. The van der Waals surface area contributed by atoms with Gasteiger partial charge in [0.1, 0.15) is 10.8 Å². The fourth-order valence-corrected chi connectivity index (χ4v) is 2.95. The van der Waals surface area contributed by atoms with Crippen molar-refractivity contribution < 1.29 is 4.39 Å². The van der Waals surface area contributed by atoms with E-state index in [0.29, 0.717) is 29.6 Å². The largest absolute Gasteiger partial charge is 0.350 e. The minimum absolute atomic E-state index is 0.314. The predicted octanol–water partition coefficient (Wildman–Crippen LogP) is 3.45. The molecule has 0 aliphatic carbocycles. The van der Waals surface area contributed by atoms with Gasteiger partial charge in [0, 0.05) is 42.3 Å². The second kappa shape index (κ2) is 7.56. The summed E-state index contributed by atoms with van der Waals surface area (Å²) in [4.78, 5) is 10.4. The van der Waals surface area contributed by atoms with Gasteiger partial charge in [-0.25, -0.2) is 9.37 Å². The number of aryl methyl sites for hydroxylation is 1. The molecule has 0 aliphatic heterocycles. The fraction of sp³-hybridized carbons (Fsp3) is 0.333. The molecule has 1 N–H and O–H groups in total. The summed E-state index contributed by atoms with van der Waals surface area (Å²) in [5.74, 6) is 0.345. The summed E-state index contributed by atoms with van der Waals surface area (Å²) < 4.78 is 13.9. The third-order valence-corrected chi connectivity index (χ3v) is 4.42. The quantitative estimate of drug-likeness (QED) is 0.684. The van der Waals surface area contributed by atoms with Crippen LogP contribution in [0.15, 0.2) is 28.6 Å². The highest BCUT2D eigenvalue weighted by Crippen LogP contribution is 2.20. The molecule has 118 valence electrons. The van der Waals surface area contributed by atoms with Gasteiger partial charge >= 0.3 is 0 Å². The van der Waals surface area contributed by atoms with Gasteiger partial charge in [0.2, 0.25) is 0 Å². The Hall–Kier alpha value is -1.66. The molecule has 4 nitrogen and oxygen atoms in total. The Morgan fingerprint density at radius 2 is 2.27 bits per heavy atom. The molecule has 0 saturated carbocycles. The topological polar surface area (TPSA) is 40.5 Å². The van der Waals surface area contributed by atoms with Crippen LogP contribution >= 0.6 is 22.9 Å². The lowest BCUT2D eigenvalue weighted by atomic mass is 10.2. The Kier molecular flexibility index (Phi) is 5.74. The van der Waals surface area contributed by atoms with Crippen LogP contribution in [0.2, 0.25) is 5.02 Å². The lowest BCUT2D eigenvalue weighted by Gasteiger charge is -2.22. The second-order valence-electron chi connectivity index (χ2n) is 4.84. The molecular formula is C15H18ClFN4S. The Labute approximate surface area is 138 Å². The van der Waals surface area contributed by atoms with E-state index in [2.05, 4.69) is 15.3 Å². The van der Waals surface area contributed by atoms with Gasteiger partial charge in [0.25, 0.3) is 0 Å². The first kappa shape index (κ1) is 16.7. The zero-order valence-electron chi connectivity index (χ0n) is 12.7. The summed E-state index contributed by atoms with van der Waals surface area (Å²) in [6.45, 7) is 2.88. The van der Waals surface area contributed by atoms with E-state index >= 15 is 0 Å². The molecule has 0 amide bonds. The van der Waals surface area contributed by atoms with E-state index in [1.54, 1.807) is 30.5 Å². The number of aliphatic imine (C=N–C) groups is 1. The number of benzene rings is 1. The van der Waals surface area contributed by atoms with Crippen LogP contribution < -0.4 is 5.32 Å². The molecule has 22 heavy (non-hydrogen) atoms. The predicted molar refractivity (Wildman–Crippen MR) is 89.9 cm³/mol. The second-order valence-corrected chi connectivity index (χ2v) is 6.19. The summed E-state index contributed by atoms with van der Waals surface area (Å²) in [6, 6.07) is 4.69. The van der Waals surface area contributed by atoms with Gasteiger partial charge in [0.15, 0.2) is 5.96 Å². The smallest absolute Gasteiger partial charge is 0.194 e. The van der Waals surface area contributed by atoms with E-state index in [4.69, 9.17) is 11.6 Å². The van der Waals surface area contributed by atoms with Crippen molar-refractivity contribution in [2.24, 2.45) is 4.99 Å². The standard InChI is InChI=1S/C15H18ClFN4S/c1-10-9-22-14(20-10)7-19-15(18-2)21(3)8-11-12(16)5-4-6-13(11)17/h4-6,9H,7-8H2,1-3H3,(H,18,19). The maximum atomic E-state index is 13.9. The normalized spacial score (nSPS) is 11.6. The van der Waals surface area contributed by atoms with Crippen molar-refractivity contribution in [3.05, 3.63) is 50.7 Å². The third-order valence-electron chi connectivity index (χ3n) is 3.09. The minimum atomic E-state index is -0.314. The Bertz CT molecular complexity index is 651. The highest BCUT2D eigenvalue weighted by atomic mass is 35.5. The van der Waals surface area contributed by atoms with Gasteiger partial charge in [0.05, 0.1) is 6.54 Å². The number of nitrogens with one attached hydrogen (secondary N) is 1. The van der Waals surface area contributed by atoms with E-state index in [9.17, 15) is 4.39 Å². The molecule has 2 rings (SSSR count). The lowest BCUT2D eigenvalue weighted by Crippen LogP contribution is -2.38. The fourth-order valence-electron chi connectivity index (χ4n) is 2.02. The highest BCUT2D eigenvalue weighted by molar-refractivity contribution is 7.09. The van der Waals surface area contributed by atoms with Crippen LogP contribution in [0.3, 0.4) is 0 Å². The Morgan fingerprint density at radius 1 is 1.50 bits per heavy atom. The molecule has 0 radical (unpaired) electrons. The number of guanidine groups is 1. The molecule has 0 saturated heterocycles. The van der Waals surface area contributed by atoms with Crippen molar-refractivity contribution in [1.82, 2.24) is 15.2 Å². The van der Waals surface area contributed by atoms with Crippen LogP contribution in [-0.2, 0) is 13.1 Å². The molecule has 0 bridgehead atoms. The summed E-state index contributed by atoms with van der Waals surface area (Å²) >= 11 is 7.66. The molecular weight excluding hydrogens is 323 g/mol.